The molecule has 1 aliphatic rings. The van der Waals surface area contributed by atoms with Gasteiger partial charge in [-0.1, -0.05) is 0 Å². The molecule has 0 saturated heterocycles. The first-order valence-electron chi connectivity index (χ1n) is 6.77. The Labute approximate surface area is 125 Å². The zero-order chi connectivity index (χ0) is 14.2. The quantitative estimate of drug-likeness (QED) is 0.733. The van der Waals surface area contributed by atoms with E-state index in [9.17, 15) is 4.39 Å². The maximum atomic E-state index is 13.2. The van der Waals surface area contributed by atoms with Gasteiger partial charge in [0.05, 0.1) is 11.4 Å². The lowest BCUT2D eigenvalue weighted by Gasteiger charge is -2.08. The molecule has 1 aliphatic heterocycles. The van der Waals surface area contributed by atoms with Crippen LogP contribution < -0.4 is 0 Å². The number of nitrogens with zero attached hydrogens (tertiary/aromatic N) is 3. The average molecular weight is 298 g/mol. The summed E-state index contributed by atoms with van der Waals surface area (Å²) in [5.41, 5.74) is 4.06. The van der Waals surface area contributed by atoms with Gasteiger partial charge in [0.2, 0.25) is 0 Å². The number of aromatic nitrogens is 3. The fraction of sp³-hybridized carbons (Fsp3) is 0.125. The first-order chi connectivity index (χ1) is 10.3. The standard InChI is InChI=1S/C16H13FN3S/c17-13-3-1-11(2-4-13)14-15(12-5-7-18-8-6-12)20-9-10-21-16(20)19-14/h1-8,21H,9-10H2. The Morgan fingerprint density at radius 3 is 2.52 bits per heavy atom. The second kappa shape index (κ2) is 5.00. The predicted octanol–water partition coefficient (Wildman–Crippen LogP) is 3.59. The van der Waals surface area contributed by atoms with Crippen LogP contribution >= 0.6 is 11.8 Å². The number of thiol groups is 1. The molecule has 0 spiro atoms. The van der Waals surface area contributed by atoms with E-state index in [0.29, 0.717) is 0 Å². The molecule has 3 heterocycles. The average Bonchev–Trinajstić information content (AvgIpc) is 3.09. The summed E-state index contributed by atoms with van der Waals surface area (Å²) in [5, 5.41) is 1.08. The maximum Gasteiger partial charge on any atom is 0.156 e. The number of pyridine rings is 1. The van der Waals surface area contributed by atoms with Gasteiger partial charge in [-0.15, -0.1) is 0 Å². The lowest BCUT2D eigenvalue weighted by atomic mass is 10.1. The van der Waals surface area contributed by atoms with Crippen molar-refractivity contribution in [3.8, 4) is 22.5 Å². The van der Waals surface area contributed by atoms with Gasteiger partial charge in [0, 0.05) is 35.8 Å². The van der Waals surface area contributed by atoms with Crippen molar-refractivity contribution < 1.29 is 4.39 Å². The van der Waals surface area contributed by atoms with Crippen LogP contribution in [0.2, 0.25) is 0 Å². The first kappa shape index (κ1) is 12.6. The molecule has 0 saturated carbocycles. The number of hydrogen-bond donors (Lipinski definition) is 1. The van der Waals surface area contributed by atoms with E-state index in [1.807, 2.05) is 12.1 Å². The largest absolute Gasteiger partial charge is 0.318 e. The van der Waals surface area contributed by atoms with Crippen molar-refractivity contribution in [1.82, 2.24) is 14.5 Å². The Bertz CT molecular complexity index is 781. The summed E-state index contributed by atoms with van der Waals surface area (Å²) in [7, 11) is 0. The molecule has 1 aromatic carbocycles. The third-order valence-corrected chi connectivity index (χ3v) is 4.64. The molecule has 105 valence electrons. The van der Waals surface area contributed by atoms with Crippen LogP contribution in [0.3, 0.4) is 0 Å². The van der Waals surface area contributed by atoms with Gasteiger partial charge in [-0.25, -0.2) is 9.37 Å². The molecule has 1 radical (unpaired) electrons. The number of fused-ring (bicyclic) bond motifs is 1. The summed E-state index contributed by atoms with van der Waals surface area (Å²) in [6.45, 7) is 0.975. The van der Waals surface area contributed by atoms with Crippen LogP contribution in [-0.4, -0.2) is 20.3 Å². The van der Waals surface area contributed by atoms with Crippen LogP contribution in [0.25, 0.3) is 22.5 Å². The van der Waals surface area contributed by atoms with Gasteiger partial charge in [-0.2, -0.15) is 11.8 Å². The van der Waals surface area contributed by atoms with Gasteiger partial charge >= 0.3 is 0 Å². The van der Waals surface area contributed by atoms with Gasteiger partial charge in [0.15, 0.2) is 5.16 Å². The van der Waals surface area contributed by atoms with E-state index in [1.165, 1.54) is 23.9 Å². The number of benzene rings is 1. The van der Waals surface area contributed by atoms with E-state index in [0.717, 1.165) is 40.0 Å². The molecule has 0 aliphatic carbocycles. The molecular formula is C16H13FN3S. The minimum absolute atomic E-state index is 0.228. The Morgan fingerprint density at radius 1 is 1.00 bits per heavy atom. The summed E-state index contributed by atoms with van der Waals surface area (Å²) >= 11 is 1.25. The molecule has 3 aromatic rings. The maximum absolute atomic E-state index is 13.2. The second-order valence-electron chi connectivity index (χ2n) is 4.89. The van der Waals surface area contributed by atoms with Gasteiger partial charge in [0.1, 0.15) is 5.82 Å². The van der Waals surface area contributed by atoms with E-state index < -0.39 is 0 Å². The van der Waals surface area contributed by atoms with Crippen LogP contribution in [0.15, 0.2) is 53.9 Å². The molecule has 0 atom stereocenters. The van der Waals surface area contributed by atoms with Crippen LogP contribution in [0.5, 0.6) is 0 Å². The summed E-state index contributed by atoms with van der Waals surface area (Å²) in [6, 6.07) is 10.5. The van der Waals surface area contributed by atoms with Crippen LogP contribution in [0.1, 0.15) is 0 Å². The summed E-state index contributed by atoms with van der Waals surface area (Å²) in [6.07, 6.45) is 3.58. The highest BCUT2D eigenvalue weighted by atomic mass is 32.2. The van der Waals surface area contributed by atoms with E-state index in [-0.39, 0.29) is 5.82 Å². The molecule has 3 nitrogen and oxygen atoms in total. The SMILES string of the molecule is Fc1ccc(-c2nc3n(c2-c2ccncc2)CC[SH]3)cc1. The Hall–Kier alpha value is -2.14. The second-order valence-corrected chi connectivity index (χ2v) is 6.05. The number of hydrogen-bond acceptors (Lipinski definition) is 2. The molecule has 0 amide bonds. The summed E-state index contributed by atoms with van der Waals surface area (Å²) < 4.78 is 15.4. The van der Waals surface area contributed by atoms with Crippen molar-refractivity contribution in [1.29, 1.82) is 0 Å². The fourth-order valence-corrected chi connectivity index (χ4v) is 3.68. The van der Waals surface area contributed by atoms with Gasteiger partial charge < -0.3 is 4.57 Å². The molecule has 0 N–H and O–H groups in total. The number of imidazole rings is 1. The van der Waals surface area contributed by atoms with Gasteiger partial charge in [-0.3, -0.25) is 4.98 Å². The highest BCUT2D eigenvalue weighted by molar-refractivity contribution is 7.99. The van der Waals surface area contributed by atoms with Crippen molar-refractivity contribution in [2.24, 2.45) is 0 Å². The van der Waals surface area contributed by atoms with Gasteiger partial charge in [0.25, 0.3) is 0 Å². The van der Waals surface area contributed by atoms with E-state index in [4.69, 9.17) is 4.98 Å². The topological polar surface area (TPSA) is 30.7 Å². The molecule has 5 heteroatoms. The Balaban J connectivity index is 1.94. The van der Waals surface area contributed by atoms with Crippen LogP contribution in [-0.2, 0) is 6.54 Å². The first-order valence-corrected chi connectivity index (χ1v) is 7.85. The summed E-state index contributed by atoms with van der Waals surface area (Å²) in [4.78, 5) is 8.86. The molecule has 0 bridgehead atoms. The monoisotopic (exact) mass is 298 g/mol. The van der Waals surface area contributed by atoms with Crippen LogP contribution in [0.4, 0.5) is 4.39 Å². The van der Waals surface area contributed by atoms with E-state index in [1.54, 1.807) is 24.5 Å². The molecule has 21 heavy (non-hydrogen) atoms. The van der Waals surface area contributed by atoms with E-state index in [2.05, 4.69) is 9.55 Å². The minimum atomic E-state index is -0.228. The molecular weight excluding hydrogens is 285 g/mol. The van der Waals surface area contributed by atoms with Crippen molar-refractivity contribution in [2.45, 2.75) is 11.7 Å². The number of rotatable bonds is 2. The Morgan fingerprint density at radius 2 is 1.76 bits per heavy atom. The lowest BCUT2D eigenvalue weighted by molar-refractivity contribution is 0.628. The zero-order valence-corrected chi connectivity index (χ0v) is 12.1. The van der Waals surface area contributed by atoms with Crippen LogP contribution in [0, 0.1) is 5.82 Å². The molecule has 0 unspecified atom stereocenters. The van der Waals surface area contributed by atoms with Crippen molar-refractivity contribution >= 4 is 11.8 Å². The summed E-state index contributed by atoms with van der Waals surface area (Å²) in [5.74, 6) is 0.874. The van der Waals surface area contributed by atoms with Gasteiger partial charge in [-0.05, 0) is 36.4 Å². The smallest absolute Gasteiger partial charge is 0.156 e. The van der Waals surface area contributed by atoms with E-state index >= 15 is 0 Å². The number of halogens is 1. The van der Waals surface area contributed by atoms with Crippen molar-refractivity contribution in [3.05, 3.63) is 54.6 Å². The predicted molar refractivity (Wildman–Crippen MR) is 83.0 cm³/mol. The Kier molecular flexibility index (Phi) is 3.00. The van der Waals surface area contributed by atoms with Crippen molar-refractivity contribution in [3.63, 3.8) is 0 Å². The van der Waals surface area contributed by atoms with Crippen molar-refractivity contribution in [2.75, 3.05) is 5.75 Å². The third-order valence-electron chi connectivity index (χ3n) is 3.60. The normalized spacial score (nSPS) is 13.4. The molecule has 2 aromatic heterocycles. The molecule has 4 rings (SSSR count). The lowest BCUT2D eigenvalue weighted by Crippen LogP contribution is -1.97. The zero-order valence-electron chi connectivity index (χ0n) is 11.2. The fourth-order valence-electron chi connectivity index (χ4n) is 2.64. The highest BCUT2D eigenvalue weighted by Crippen LogP contribution is 2.38. The highest BCUT2D eigenvalue weighted by Gasteiger charge is 2.22. The molecule has 0 fully saturated rings. The minimum Gasteiger partial charge on any atom is -0.318 e. The third kappa shape index (κ3) is 2.14.